The van der Waals surface area contributed by atoms with Gasteiger partial charge in [0.1, 0.15) is 0 Å². The van der Waals surface area contributed by atoms with Crippen molar-refractivity contribution in [2.24, 2.45) is 5.41 Å². The Labute approximate surface area is 135 Å². The highest BCUT2D eigenvalue weighted by Gasteiger charge is 2.12. The third kappa shape index (κ3) is 18.5. The Bertz CT molecular complexity index is 146. The standard InChI is InChI=1S/C8H17Br.C3H7BBrIP/c1-4-8(2,3)6-5-7-9;5-3-1-2-4(6)7/h4-7H2,1-3H3;2H,1,3,7H2/q;-1. The average Bonchev–Trinajstić information content (AvgIpc) is 2.24. The Kier molecular flexibility index (Phi) is 17.4. The molecule has 98 valence electrons. The van der Waals surface area contributed by atoms with Gasteiger partial charge in [0.15, 0.2) is 0 Å². The highest BCUT2D eigenvalue weighted by atomic mass is 127. The maximum absolute atomic E-state index is 3.43. The van der Waals surface area contributed by atoms with Crippen LogP contribution in [0.1, 0.15) is 46.5 Å². The second-order valence-corrected chi connectivity index (χ2v) is 9.57. The summed E-state index contributed by atoms with van der Waals surface area (Å²) in [5.41, 5.74) is 0.563. The predicted molar refractivity (Wildman–Crippen MR) is 99.3 cm³/mol. The summed E-state index contributed by atoms with van der Waals surface area (Å²) in [5.74, 6) is 0. The fourth-order valence-corrected chi connectivity index (χ4v) is 2.04. The summed E-state index contributed by atoms with van der Waals surface area (Å²) in [5, 5.41) is 2.23. The van der Waals surface area contributed by atoms with Gasteiger partial charge in [0.25, 0.3) is 0 Å². The zero-order chi connectivity index (χ0) is 13.0. The van der Waals surface area contributed by atoms with Crippen molar-refractivity contribution in [1.29, 1.82) is 0 Å². The Hall–Kier alpha value is 2.18. The molecule has 1 atom stereocenters. The molecule has 0 aromatic rings. The van der Waals surface area contributed by atoms with Gasteiger partial charge < -0.3 is 6.32 Å². The molecule has 0 radical (unpaired) electrons. The molecule has 0 aliphatic rings. The van der Waals surface area contributed by atoms with Gasteiger partial charge in [0.05, 0.1) is 4.29 Å². The predicted octanol–water partition coefficient (Wildman–Crippen LogP) is 5.91. The molecular formula is C11H24BBr2IP-. The van der Waals surface area contributed by atoms with Gasteiger partial charge in [0.2, 0.25) is 0 Å². The van der Waals surface area contributed by atoms with Crippen molar-refractivity contribution in [3.63, 3.8) is 0 Å². The number of alkyl halides is 2. The van der Waals surface area contributed by atoms with Gasteiger partial charge in [-0.2, -0.15) is 37.9 Å². The number of halogens is 3. The van der Waals surface area contributed by atoms with Crippen LogP contribution < -0.4 is 0 Å². The molecule has 0 spiro atoms. The molecule has 16 heavy (non-hydrogen) atoms. The van der Waals surface area contributed by atoms with Crippen LogP contribution in [0.3, 0.4) is 0 Å². The summed E-state index contributed by atoms with van der Waals surface area (Å²) >= 11 is 9.12. The first-order valence-electron chi connectivity index (χ1n) is 5.74. The number of hydrogen-bond donors (Lipinski definition) is 0. The first kappa shape index (κ1) is 20.5. The minimum absolute atomic E-state index is 0.563. The fourth-order valence-electron chi connectivity index (χ4n) is 0.944. The first-order chi connectivity index (χ1) is 7.39. The minimum Gasteiger partial charge on any atom is -0.334 e. The Morgan fingerprint density at radius 2 is 1.88 bits per heavy atom. The van der Waals surface area contributed by atoms with E-state index in [-0.39, 0.29) is 0 Å². The minimum atomic E-state index is 0.563. The van der Waals surface area contributed by atoms with Crippen molar-refractivity contribution in [3.8, 4) is 0 Å². The van der Waals surface area contributed by atoms with Crippen molar-refractivity contribution in [2.75, 3.05) is 10.7 Å². The van der Waals surface area contributed by atoms with Crippen molar-refractivity contribution < 1.29 is 0 Å². The van der Waals surface area contributed by atoms with E-state index in [1.54, 1.807) is 0 Å². The van der Waals surface area contributed by atoms with E-state index in [0.717, 1.165) is 17.1 Å². The Morgan fingerprint density at radius 3 is 2.12 bits per heavy atom. The van der Waals surface area contributed by atoms with Crippen LogP contribution in [0.2, 0.25) is 0 Å². The fraction of sp³-hybridized carbons (Fsp3) is 0.909. The molecule has 0 fully saturated rings. The lowest BCUT2D eigenvalue weighted by molar-refractivity contribution is 0.320. The van der Waals surface area contributed by atoms with Crippen LogP contribution in [-0.2, 0) is 0 Å². The molecule has 0 aliphatic carbocycles. The number of rotatable bonds is 7. The van der Waals surface area contributed by atoms with Crippen LogP contribution in [0.5, 0.6) is 0 Å². The number of hydrogen-bond acceptors (Lipinski definition) is 0. The lowest BCUT2D eigenvalue weighted by atomic mass is 9.86. The molecule has 0 bridgehead atoms. The zero-order valence-electron chi connectivity index (χ0n) is 10.6. The smallest absolute Gasteiger partial charge is 0.0764 e. The summed E-state index contributed by atoms with van der Waals surface area (Å²) < 4.78 is 0.634. The molecule has 0 saturated carbocycles. The van der Waals surface area contributed by atoms with E-state index >= 15 is 0 Å². The molecule has 5 heteroatoms. The van der Waals surface area contributed by atoms with Crippen molar-refractivity contribution in [2.45, 2.75) is 46.5 Å². The van der Waals surface area contributed by atoms with Gasteiger partial charge in [0, 0.05) is 5.33 Å². The van der Waals surface area contributed by atoms with Crippen LogP contribution in [0, 0.1) is 11.7 Å². The lowest BCUT2D eigenvalue weighted by Gasteiger charge is -2.21. The summed E-state index contributed by atoms with van der Waals surface area (Å²) in [4.78, 5) is 0. The molecule has 0 saturated heterocycles. The SMILES string of the molecule is CCC(C)(C)CCCBr.PB(I)[CH-]CCBr. The summed E-state index contributed by atoms with van der Waals surface area (Å²) in [6, 6.07) is 0. The van der Waals surface area contributed by atoms with Crippen molar-refractivity contribution in [3.05, 3.63) is 6.32 Å². The van der Waals surface area contributed by atoms with Crippen LogP contribution >= 0.6 is 63.4 Å². The third-order valence-electron chi connectivity index (χ3n) is 2.45. The lowest BCUT2D eigenvalue weighted by Crippen LogP contribution is -2.08. The molecule has 0 N–H and O–H groups in total. The normalized spacial score (nSPS) is 10.7. The maximum atomic E-state index is 3.43. The molecule has 0 rings (SSSR count). The topological polar surface area (TPSA) is 0 Å². The summed E-state index contributed by atoms with van der Waals surface area (Å²) in [7, 11) is 2.72. The van der Waals surface area contributed by atoms with Crippen molar-refractivity contribution >= 4 is 67.6 Å². The monoisotopic (exact) mass is 483 g/mol. The van der Waals surface area contributed by atoms with E-state index in [9.17, 15) is 0 Å². The molecular weight excluding hydrogens is 461 g/mol. The Morgan fingerprint density at radius 1 is 1.31 bits per heavy atom. The highest BCUT2D eigenvalue weighted by Crippen LogP contribution is 2.25. The third-order valence-corrected chi connectivity index (χ3v) is 4.24. The van der Waals surface area contributed by atoms with Crippen LogP contribution in [-0.4, -0.2) is 14.9 Å². The van der Waals surface area contributed by atoms with E-state index in [4.69, 9.17) is 0 Å². The van der Waals surface area contributed by atoms with Crippen LogP contribution in [0.15, 0.2) is 0 Å². The van der Waals surface area contributed by atoms with E-state index < -0.39 is 0 Å². The molecule has 1 unspecified atom stereocenters. The maximum Gasteiger partial charge on any atom is 0.0764 e. The van der Waals surface area contributed by atoms with Crippen LogP contribution in [0.4, 0.5) is 0 Å². The summed E-state index contributed by atoms with van der Waals surface area (Å²) in [6.45, 7) is 6.92. The summed E-state index contributed by atoms with van der Waals surface area (Å²) in [6.07, 6.45) is 7.35. The first-order valence-corrected chi connectivity index (χ1v) is 9.90. The molecule has 0 heterocycles. The van der Waals surface area contributed by atoms with Crippen LogP contribution in [0.25, 0.3) is 0 Å². The Balaban J connectivity index is 0. The second-order valence-electron chi connectivity index (χ2n) is 4.47. The second kappa shape index (κ2) is 13.6. The molecule has 0 aromatic heterocycles. The van der Waals surface area contributed by atoms with Gasteiger partial charge in [-0.25, -0.2) is 0 Å². The van der Waals surface area contributed by atoms with Crippen molar-refractivity contribution in [1.82, 2.24) is 0 Å². The zero-order valence-corrected chi connectivity index (χ0v) is 17.1. The largest absolute Gasteiger partial charge is 0.334 e. The van der Waals surface area contributed by atoms with E-state index in [1.165, 1.54) is 19.3 Å². The molecule has 0 amide bonds. The molecule has 0 aromatic carbocycles. The van der Waals surface area contributed by atoms with Gasteiger partial charge in [-0.1, -0.05) is 59.1 Å². The van der Waals surface area contributed by atoms with E-state index in [0.29, 0.717) is 9.70 Å². The molecule has 0 aliphatic heterocycles. The highest BCUT2D eigenvalue weighted by molar-refractivity contribution is 14.1. The van der Waals surface area contributed by atoms with Gasteiger partial charge in [-0.15, -0.1) is 0 Å². The van der Waals surface area contributed by atoms with Gasteiger partial charge in [-0.05, 0) is 23.6 Å². The van der Waals surface area contributed by atoms with E-state index in [1.807, 2.05) is 0 Å². The molecule has 0 nitrogen and oxygen atoms in total. The quantitative estimate of drug-likeness (QED) is 0.139. The van der Waals surface area contributed by atoms with E-state index in [2.05, 4.69) is 90.4 Å². The average molecular weight is 485 g/mol. The van der Waals surface area contributed by atoms with Gasteiger partial charge >= 0.3 is 0 Å². The van der Waals surface area contributed by atoms with Gasteiger partial charge in [-0.3, -0.25) is 0 Å².